The molecule has 0 radical (unpaired) electrons. The third-order valence-electron chi connectivity index (χ3n) is 3.23. The van der Waals surface area contributed by atoms with Crippen LogP contribution in [0.1, 0.15) is 30.9 Å². The number of pyridine rings is 1. The van der Waals surface area contributed by atoms with Gasteiger partial charge in [-0.05, 0) is 25.0 Å². The molecule has 0 N–H and O–H groups in total. The van der Waals surface area contributed by atoms with Gasteiger partial charge in [0, 0.05) is 22.8 Å². The van der Waals surface area contributed by atoms with Gasteiger partial charge in [0.1, 0.15) is 5.65 Å². The van der Waals surface area contributed by atoms with E-state index in [0.29, 0.717) is 11.3 Å². The minimum atomic E-state index is -3.77. The number of fused-ring (bicyclic) bond motifs is 1. The largest absolute Gasteiger partial charge is 0.289 e. The SMILES string of the molecule is O=S(=O)(Cl)c1c(C2CCC2)nc2ccccn12. The molecular formula is C11H11ClN2O2S. The standard InChI is InChI=1S/C11H11ClN2O2S/c12-17(15,16)11-10(8-4-3-5-8)13-9-6-1-2-7-14(9)11/h1-2,6-8H,3-5H2. The number of hydrogen-bond acceptors (Lipinski definition) is 3. The van der Waals surface area contributed by atoms with Crippen molar-refractivity contribution in [2.24, 2.45) is 0 Å². The average molecular weight is 271 g/mol. The lowest BCUT2D eigenvalue weighted by atomic mass is 9.83. The van der Waals surface area contributed by atoms with Crippen molar-refractivity contribution in [2.75, 3.05) is 0 Å². The van der Waals surface area contributed by atoms with Crippen LogP contribution >= 0.6 is 10.7 Å². The fraction of sp³-hybridized carbons (Fsp3) is 0.364. The van der Waals surface area contributed by atoms with Crippen LogP contribution in [0.4, 0.5) is 0 Å². The molecule has 0 aliphatic heterocycles. The van der Waals surface area contributed by atoms with Crippen LogP contribution in [0.2, 0.25) is 0 Å². The molecule has 6 heteroatoms. The highest BCUT2D eigenvalue weighted by atomic mass is 35.7. The van der Waals surface area contributed by atoms with Crippen LogP contribution in [0.25, 0.3) is 5.65 Å². The Labute approximate surface area is 104 Å². The smallest absolute Gasteiger partial charge is 0.279 e. The van der Waals surface area contributed by atoms with E-state index < -0.39 is 9.05 Å². The van der Waals surface area contributed by atoms with Gasteiger partial charge in [-0.1, -0.05) is 12.5 Å². The van der Waals surface area contributed by atoms with Gasteiger partial charge in [-0.15, -0.1) is 0 Å². The second-order valence-corrected chi connectivity index (χ2v) is 6.78. The van der Waals surface area contributed by atoms with Crippen molar-refractivity contribution < 1.29 is 8.42 Å². The Balaban J connectivity index is 2.33. The Kier molecular flexibility index (Phi) is 2.41. The van der Waals surface area contributed by atoms with Gasteiger partial charge in [0.05, 0.1) is 5.69 Å². The average Bonchev–Trinajstić information content (AvgIpc) is 2.52. The molecule has 1 fully saturated rings. The first-order valence-electron chi connectivity index (χ1n) is 5.49. The zero-order chi connectivity index (χ0) is 12.0. The Morgan fingerprint density at radius 1 is 1.35 bits per heavy atom. The second kappa shape index (κ2) is 3.71. The van der Waals surface area contributed by atoms with Crippen LogP contribution in [0.15, 0.2) is 29.4 Å². The third-order valence-corrected chi connectivity index (χ3v) is 4.54. The topological polar surface area (TPSA) is 51.4 Å². The van der Waals surface area contributed by atoms with Crippen molar-refractivity contribution in [3.63, 3.8) is 0 Å². The summed E-state index contributed by atoms with van der Waals surface area (Å²) in [4.78, 5) is 4.40. The lowest BCUT2D eigenvalue weighted by Crippen LogP contribution is -2.12. The molecule has 0 atom stereocenters. The molecule has 0 bridgehead atoms. The maximum absolute atomic E-state index is 11.7. The maximum atomic E-state index is 11.7. The Hall–Kier alpha value is -1.07. The highest BCUT2D eigenvalue weighted by Crippen LogP contribution is 2.39. The molecule has 1 aliphatic carbocycles. The van der Waals surface area contributed by atoms with E-state index in [0.717, 1.165) is 19.3 Å². The van der Waals surface area contributed by atoms with E-state index in [2.05, 4.69) is 4.98 Å². The highest BCUT2D eigenvalue weighted by Gasteiger charge is 2.31. The van der Waals surface area contributed by atoms with Crippen LogP contribution in [0, 0.1) is 0 Å². The predicted molar refractivity (Wildman–Crippen MR) is 64.8 cm³/mol. The minimum absolute atomic E-state index is 0.138. The second-order valence-electron chi connectivity index (χ2n) is 4.30. The van der Waals surface area contributed by atoms with Gasteiger partial charge < -0.3 is 0 Å². The molecule has 1 saturated carbocycles. The fourth-order valence-corrected chi connectivity index (χ4v) is 3.49. The number of rotatable bonds is 2. The molecule has 0 aromatic carbocycles. The number of nitrogens with zero attached hydrogens (tertiary/aromatic N) is 2. The summed E-state index contributed by atoms with van der Waals surface area (Å²) < 4.78 is 24.9. The van der Waals surface area contributed by atoms with E-state index in [1.54, 1.807) is 22.7 Å². The van der Waals surface area contributed by atoms with Gasteiger partial charge in [0.2, 0.25) is 0 Å². The predicted octanol–water partition coefficient (Wildman–Crippen LogP) is 2.53. The van der Waals surface area contributed by atoms with Crippen LogP contribution in [0.3, 0.4) is 0 Å². The summed E-state index contributed by atoms with van der Waals surface area (Å²) in [6, 6.07) is 5.38. The molecular weight excluding hydrogens is 260 g/mol. The summed E-state index contributed by atoms with van der Waals surface area (Å²) in [5.41, 5.74) is 1.26. The zero-order valence-corrected chi connectivity index (χ0v) is 10.6. The quantitative estimate of drug-likeness (QED) is 0.788. The van der Waals surface area contributed by atoms with Crippen LogP contribution in [-0.2, 0) is 9.05 Å². The summed E-state index contributed by atoms with van der Waals surface area (Å²) in [7, 11) is 1.76. The summed E-state index contributed by atoms with van der Waals surface area (Å²) in [6.07, 6.45) is 4.78. The lowest BCUT2D eigenvalue weighted by Gasteiger charge is -2.23. The molecule has 3 rings (SSSR count). The number of halogens is 1. The first kappa shape index (κ1) is 11.0. The normalized spacial score (nSPS) is 17.2. The molecule has 17 heavy (non-hydrogen) atoms. The van der Waals surface area contributed by atoms with Gasteiger partial charge >= 0.3 is 0 Å². The molecule has 2 aromatic heterocycles. The molecule has 90 valence electrons. The minimum Gasteiger partial charge on any atom is -0.289 e. The van der Waals surface area contributed by atoms with E-state index in [4.69, 9.17) is 10.7 Å². The van der Waals surface area contributed by atoms with E-state index in [1.165, 1.54) is 0 Å². The van der Waals surface area contributed by atoms with E-state index >= 15 is 0 Å². The monoisotopic (exact) mass is 270 g/mol. The Morgan fingerprint density at radius 3 is 2.71 bits per heavy atom. The summed E-state index contributed by atoms with van der Waals surface area (Å²) in [6.45, 7) is 0. The van der Waals surface area contributed by atoms with Gasteiger partial charge in [0.15, 0.2) is 5.03 Å². The molecule has 0 unspecified atom stereocenters. The maximum Gasteiger partial charge on any atom is 0.279 e. The van der Waals surface area contributed by atoms with Gasteiger partial charge in [0.25, 0.3) is 9.05 Å². The van der Waals surface area contributed by atoms with Gasteiger partial charge in [-0.25, -0.2) is 13.4 Å². The molecule has 0 amide bonds. The zero-order valence-electron chi connectivity index (χ0n) is 9.01. The Morgan fingerprint density at radius 2 is 2.12 bits per heavy atom. The summed E-state index contributed by atoms with van der Waals surface area (Å²) in [5.74, 6) is 0.235. The number of imidazole rings is 1. The molecule has 2 aromatic rings. The van der Waals surface area contributed by atoms with E-state index in [1.807, 2.05) is 6.07 Å². The summed E-state index contributed by atoms with van der Waals surface area (Å²) in [5, 5.41) is 0.138. The molecule has 0 saturated heterocycles. The molecule has 4 nitrogen and oxygen atoms in total. The van der Waals surface area contributed by atoms with E-state index in [9.17, 15) is 8.42 Å². The van der Waals surface area contributed by atoms with Gasteiger partial charge in [-0.2, -0.15) is 0 Å². The van der Waals surface area contributed by atoms with Crippen molar-refractivity contribution in [1.82, 2.24) is 9.38 Å². The number of aromatic nitrogens is 2. The molecule has 2 heterocycles. The molecule has 0 spiro atoms. The lowest BCUT2D eigenvalue weighted by molar-refractivity contribution is 0.405. The van der Waals surface area contributed by atoms with Crippen LogP contribution < -0.4 is 0 Å². The highest BCUT2D eigenvalue weighted by molar-refractivity contribution is 8.13. The number of hydrogen-bond donors (Lipinski definition) is 0. The van der Waals surface area contributed by atoms with Crippen molar-refractivity contribution in [3.8, 4) is 0 Å². The van der Waals surface area contributed by atoms with Gasteiger partial charge in [-0.3, -0.25) is 4.40 Å². The van der Waals surface area contributed by atoms with Crippen molar-refractivity contribution >= 4 is 25.4 Å². The van der Waals surface area contributed by atoms with E-state index in [-0.39, 0.29) is 10.9 Å². The summed E-state index contributed by atoms with van der Waals surface area (Å²) >= 11 is 0. The van der Waals surface area contributed by atoms with Crippen LogP contribution in [0.5, 0.6) is 0 Å². The first-order chi connectivity index (χ1) is 8.07. The fourth-order valence-electron chi connectivity index (χ4n) is 2.18. The first-order valence-corrected chi connectivity index (χ1v) is 7.80. The Bertz CT molecular complexity index is 674. The third kappa shape index (κ3) is 1.73. The van der Waals surface area contributed by atoms with Crippen molar-refractivity contribution in [2.45, 2.75) is 30.2 Å². The molecule has 1 aliphatic rings. The van der Waals surface area contributed by atoms with Crippen molar-refractivity contribution in [3.05, 3.63) is 30.1 Å². The van der Waals surface area contributed by atoms with Crippen LogP contribution in [-0.4, -0.2) is 17.8 Å². The van der Waals surface area contributed by atoms with Crippen molar-refractivity contribution in [1.29, 1.82) is 0 Å².